The van der Waals surface area contributed by atoms with Gasteiger partial charge in [0, 0.05) is 17.3 Å². The number of halogens is 1. The second kappa shape index (κ2) is 7.40. The summed E-state index contributed by atoms with van der Waals surface area (Å²) in [5.41, 5.74) is 2.72. The first-order valence-corrected chi connectivity index (χ1v) is 8.57. The summed E-state index contributed by atoms with van der Waals surface area (Å²) in [5, 5.41) is 8.28. The predicted octanol–water partition coefficient (Wildman–Crippen LogP) is 4.22. The van der Waals surface area contributed by atoms with Crippen LogP contribution in [0, 0.1) is 19.7 Å². The first kappa shape index (κ1) is 17.0. The molecule has 3 rings (SSSR count). The number of thiazole rings is 1. The minimum atomic E-state index is -0.344. The molecule has 0 aliphatic heterocycles. The van der Waals surface area contributed by atoms with Crippen LogP contribution in [-0.4, -0.2) is 15.9 Å². The lowest BCUT2D eigenvalue weighted by molar-refractivity contribution is -0.115. The molecule has 5 nitrogen and oxygen atoms in total. The second-order valence-electron chi connectivity index (χ2n) is 5.68. The lowest BCUT2D eigenvalue weighted by Crippen LogP contribution is -2.14. The monoisotopic (exact) mass is 356 g/mol. The summed E-state index contributed by atoms with van der Waals surface area (Å²) in [5.74, 6) is 0.123. The standard InChI is InChI=1S/C18H17FN4OS/c1-11-5-6-20-16(7-11)23-18-22-14(10-25-18)9-17(24)21-13-4-3-12(2)15(19)8-13/h3-8,10H,9H2,1-2H3,(H,21,24)(H,20,22,23). The van der Waals surface area contributed by atoms with Crippen molar-refractivity contribution in [1.82, 2.24) is 9.97 Å². The minimum absolute atomic E-state index is 0.120. The van der Waals surface area contributed by atoms with E-state index in [0.717, 1.165) is 5.56 Å². The van der Waals surface area contributed by atoms with E-state index < -0.39 is 0 Å². The molecule has 25 heavy (non-hydrogen) atoms. The summed E-state index contributed by atoms with van der Waals surface area (Å²) in [4.78, 5) is 20.7. The quantitative estimate of drug-likeness (QED) is 0.718. The number of benzene rings is 1. The zero-order valence-corrected chi connectivity index (χ0v) is 14.7. The topological polar surface area (TPSA) is 66.9 Å². The molecule has 0 aliphatic rings. The first-order valence-electron chi connectivity index (χ1n) is 7.70. The van der Waals surface area contributed by atoms with Crippen molar-refractivity contribution in [3.63, 3.8) is 0 Å². The number of hydrogen-bond donors (Lipinski definition) is 2. The Morgan fingerprint density at radius 1 is 1.24 bits per heavy atom. The van der Waals surface area contributed by atoms with Crippen molar-refractivity contribution in [3.8, 4) is 0 Å². The summed E-state index contributed by atoms with van der Waals surface area (Å²) in [6, 6.07) is 8.44. The number of nitrogens with one attached hydrogen (secondary N) is 2. The van der Waals surface area contributed by atoms with Gasteiger partial charge in [0.2, 0.25) is 5.91 Å². The van der Waals surface area contributed by atoms with Gasteiger partial charge in [-0.15, -0.1) is 11.3 Å². The van der Waals surface area contributed by atoms with Crippen LogP contribution in [0.15, 0.2) is 41.9 Å². The predicted molar refractivity (Wildman–Crippen MR) is 97.8 cm³/mol. The number of nitrogens with zero attached hydrogens (tertiary/aromatic N) is 2. The Kier molecular flexibility index (Phi) is 5.04. The van der Waals surface area contributed by atoms with Gasteiger partial charge in [-0.05, 0) is 49.2 Å². The minimum Gasteiger partial charge on any atom is -0.326 e. The molecule has 0 aliphatic carbocycles. The van der Waals surface area contributed by atoms with Crippen LogP contribution in [0.5, 0.6) is 0 Å². The van der Waals surface area contributed by atoms with Crippen LogP contribution in [0.2, 0.25) is 0 Å². The summed E-state index contributed by atoms with van der Waals surface area (Å²) in [7, 11) is 0. The molecule has 128 valence electrons. The number of pyridine rings is 1. The Labute approximate surface area is 149 Å². The van der Waals surface area contributed by atoms with Crippen LogP contribution in [0.4, 0.5) is 21.0 Å². The molecule has 0 fully saturated rings. The van der Waals surface area contributed by atoms with Gasteiger partial charge in [-0.1, -0.05) is 6.07 Å². The first-order chi connectivity index (χ1) is 12.0. The average Bonchev–Trinajstić information content (AvgIpc) is 2.98. The fourth-order valence-corrected chi connectivity index (χ4v) is 2.92. The van der Waals surface area contributed by atoms with Crippen LogP contribution in [0.1, 0.15) is 16.8 Å². The number of hydrogen-bond acceptors (Lipinski definition) is 5. The highest BCUT2D eigenvalue weighted by Gasteiger charge is 2.10. The fraction of sp³-hybridized carbons (Fsp3) is 0.167. The molecule has 1 aromatic carbocycles. The zero-order valence-electron chi connectivity index (χ0n) is 13.8. The number of anilines is 3. The van der Waals surface area contributed by atoms with Crippen molar-refractivity contribution in [2.75, 3.05) is 10.6 Å². The molecular weight excluding hydrogens is 339 g/mol. The average molecular weight is 356 g/mol. The highest BCUT2D eigenvalue weighted by molar-refractivity contribution is 7.13. The Morgan fingerprint density at radius 2 is 2.08 bits per heavy atom. The molecular formula is C18H17FN4OS. The van der Waals surface area contributed by atoms with Gasteiger partial charge in [0.15, 0.2) is 5.13 Å². The third-order valence-electron chi connectivity index (χ3n) is 3.50. The third kappa shape index (κ3) is 4.60. The van der Waals surface area contributed by atoms with Gasteiger partial charge in [-0.3, -0.25) is 4.79 Å². The fourth-order valence-electron chi connectivity index (χ4n) is 2.20. The number of carbonyl (C=O) groups is 1. The van der Waals surface area contributed by atoms with Crippen LogP contribution in [0.25, 0.3) is 0 Å². The maximum Gasteiger partial charge on any atom is 0.230 e. The van der Waals surface area contributed by atoms with E-state index in [1.165, 1.54) is 17.4 Å². The van der Waals surface area contributed by atoms with E-state index in [9.17, 15) is 9.18 Å². The van der Waals surface area contributed by atoms with E-state index in [0.29, 0.717) is 27.9 Å². The molecule has 2 N–H and O–H groups in total. The Morgan fingerprint density at radius 3 is 2.84 bits per heavy atom. The molecule has 2 heterocycles. The Hall–Kier alpha value is -2.80. The van der Waals surface area contributed by atoms with E-state index in [1.54, 1.807) is 25.3 Å². The summed E-state index contributed by atoms with van der Waals surface area (Å²) in [6.07, 6.45) is 1.84. The van der Waals surface area contributed by atoms with Gasteiger partial charge in [-0.25, -0.2) is 14.4 Å². The summed E-state index contributed by atoms with van der Waals surface area (Å²) >= 11 is 1.40. The molecule has 1 amide bonds. The molecule has 0 saturated heterocycles. The zero-order chi connectivity index (χ0) is 17.8. The van der Waals surface area contributed by atoms with Crippen LogP contribution >= 0.6 is 11.3 Å². The number of amides is 1. The van der Waals surface area contributed by atoms with Crippen LogP contribution in [0.3, 0.4) is 0 Å². The van der Waals surface area contributed by atoms with E-state index in [2.05, 4.69) is 20.6 Å². The smallest absolute Gasteiger partial charge is 0.230 e. The summed E-state index contributed by atoms with van der Waals surface area (Å²) < 4.78 is 13.5. The lowest BCUT2D eigenvalue weighted by atomic mass is 10.2. The second-order valence-corrected chi connectivity index (χ2v) is 6.53. The van der Waals surface area contributed by atoms with E-state index in [4.69, 9.17) is 0 Å². The van der Waals surface area contributed by atoms with Gasteiger partial charge in [-0.2, -0.15) is 0 Å². The van der Waals surface area contributed by atoms with Gasteiger partial charge in [0.05, 0.1) is 12.1 Å². The molecule has 0 bridgehead atoms. The molecule has 0 radical (unpaired) electrons. The van der Waals surface area contributed by atoms with Crippen LogP contribution < -0.4 is 10.6 Å². The molecule has 3 aromatic rings. The van der Waals surface area contributed by atoms with E-state index in [1.807, 2.05) is 24.4 Å². The molecule has 0 saturated carbocycles. The molecule has 7 heteroatoms. The molecule has 0 unspecified atom stereocenters. The number of rotatable bonds is 5. The van der Waals surface area contributed by atoms with Gasteiger partial charge in [0.25, 0.3) is 0 Å². The van der Waals surface area contributed by atoms with Gasteiger partial charge >= 0.3 is 0 Å². The van der Waals surface area contributed by atoms with Gasteiger partial charge in [0.1, 0.15) is 11.6 Å². The van der Waals surface area contributed by atoms with Crippen molar-refractivity contribution in [2.24, 2.45) is 0 Å². The SMILES string of the molecule is Cc1ccnc(Nc2nc(CC(=O)Nc3ccc(C)c(F)c3)cs2)c1. The molecule has 0 spiro atoms. The van der Waals surface area contributed by atoms with Crippen molar-refractivity contribution in [3.05, 3.63) is 64.5 Å². The van der Waals surface area contributed by atoms with E-state index >= 15 is 0 Å². The maximum absolute atomic E-state index is 13.5. The lowest BCUT2D eigenvalue weighted by Gasteiger charge is -2.05. The summed E-state index contributed by atoms with van der Waals surface area (Å²) in [6.45, 7) is 3.66. The van der Waals surface area contributed by atoms with E-state index in [-0.39, 0.29) is 18.1 Å². The molecule has 2 aromatic heterocycles. The Balaban J connectivity index is 1.60. The van der Waals surface area contributed by atoms with Crippen molar-refractivity contribution < 1.29 is 9.18 Å². The largest absolute Gasteiger partial charge is 0.326 e. The highest BCUT2D eigenvalue weighted by atomic mass is 32.1. The maximum atomic E-state index is 13.5. The van der Waals surface area contributed by atoms with Crippen molar-refractivity contribution in [1.29, 1.82) is 0 Å². The third-order valence-corrected chi connectivity index (χ3v) is 4.31. The highest BCUT2D eigenvalue weighted by Crippen LogP contribution is 2.21. The van der Waals surface area contributed by atoms with Crippen molar-refractivity contribution >= 4 is 33.9 Å². The van der Waals surface area contributed by atoms with Gasteiger partial charge < -0.3 is 10.6 Å². The number of carbonyl (C=O) groups excluding carboxylic acids is 1. The Bertz CT molecular complexity index is 910. The van der Waals surface area contributed by atoms with Crippen molar-refractivity contribution in [2.45, 2.75) is 20.3 Å². The van der Waals surface area contributed by atoms with Crippen LogP contribution in [-0.2, 0) is 11.2 Å². The number of aryl methyl sites for hydroxylation is 2. The normalized spacial score (nSPS) is 10.5. The number of aromatic nitrogens is 2. The molecule has 0 atom stereocenters.